The second-order valence-electron chi connectivity index (χ2n) is 5.59. The second kappa shape index (κ2) is 7.60. The first-order valence-corrected chi connectivity index (χ1v) is 8.00. The fourth-order valence-corrected chi connectivity index (χ4v) is 2.16. The van der Waals surface area contributed by atoms with Gasteiger partial charge in [0.1, 0.15) is 0 Å². The molecule has 0 bridgehead atoms. The van der Waals surface area contributed by atoms with Gasteiger partial charge in [0.15, 0.2) is 6.10 Å². The van der Waals surface area contributed by atoms with Crippen molar-refractivity contribution < 1.29 is 19.1 Å². The van der Waals surface area contributed by atoms with Gasteiger partial charge in [0, 0.05) is 17.6 Å². The highest BCUT2D eigenvalue weighted by Crippen LogP contribution is 2.06. The minimum absolute atomic E-state index is 0.231. The minimum Gasteiger partial charge on any atom is -0.447 e. The third-order valence-corrected chi connectivity index (χ3v) is 3.53. The van der Waals surface area contributed by atoms with Gasteiger partial charge < -0.3 is 10.1 Å². The zero-order valence-corrected chi connectivity index (χ0v) is 14.5. The fraction of sp³-hybridized carbons (Fsp3) is 0.176. The third kappa shape index (κ3) is 4.24. The smallest absolute Gasteiger partial charge is 0.379 e. The van der Waals surface area contributed by atoms with Crippen molar-refractivity contribution >= 4 is 29.4 Å². The molecule has 0 aliphatic heterocycles. The number of carbonyl (C=O) groups is 3. The summed E-state index contributed by atoms with van der Waals surface area (Å²) < 4.78 is 6.41. The summed E-state index contributed by atoms with van der Waals surface area (Å²) in [6.45, 7) is 3.11. The number of aryl methyl sites for hydroxylation is 1. The van der Waals surface area contributed by atoms with E-state index in [1.165, 1.54) is 17.6 Å². The van der Waals surface area contributed by atoms with Crippen LogP contribution in [0.15, 0.2) is 42.6 Å². The Labute approximate surface area is 153 Å². The Morgan fingerprint density at radius 1 is 1.15 bits per heavy atom. The molecule has 0 radical (unpaired) electrons. The molecule has 1 atom stereocenters. The molecule has 0 aliphatic rings. The van der Waals surface area contributed by atoms with Crippen molar-refractivity contribution in [2.45, 2.75) is 20.0 Å². The summed E-state index contributed by atoms with van der Waals surface area (Å²) in [6, 6.07) is 9.57. The number of nitrogens with one attached hydrogen (secondary N) is 2. The summed E-state index contributed by atoms with van der Waals surface area (Å²) in [5.74, 6) is -1.67. The summed E-state index contributed by atoms with van der Waals surface area (Å²) in [4.78, 5) is 43.9. The molecule has 138 valence electrons. The van der Waals surface area contributed by atoms with Crippen molar-refractivity contribution in [3.05, 3.63) is 54.1 Å². The van der Waals surface area contributed by atoms with Gasteiger partial charge in [0.2, 0.25) is 0 Å². The largest absolute Gasteiger partial charge is 0.447 e. The molecule has 10 heteroatoms. The Bertz CT molecular complexity index is 1000. The standard InChI is InChI=1S/C17H16N6O4/c1-10-8-9-18-16-20-13(22-23(10)16)15(25)27-11(2)14(24)21-17(26)19-12-6-4-3-5-7-12/h3-9,11H,1-2H3,(H2,19,21,24,26). The van der Waals surface area contributed by atoms with E-state index >= 15 is 0 Å². The van der Waals surface area contributed by atoms with Gasteiger partial charge in [-0.25, -0.2) is 19.1 Å². The third-order valence-electron chi connectivity index (χ3n) is 3.53. The van der Waals surface area contributed by atoms with Crippen LogP contribution in [0.1, 0.15) is 23.2 Å². The molecule has 0 spiro atoms. The van der Waals surface area contributed by atoms with E-state index < -0.39 is 24.0 Å². The number of para-hydroxylation sites is 1. The molecule has 0 saturated carbocycles. The molecule has 3 rings (SSSR count). The number of fused-ring (bicyclic) bond motifs is 1. The SMILES string of the molecule is Cc1ccnc2nc(C(=O)OC(C)C(=O)NC(=O)Nc3ccccc3)nn12. The average Bonchev–Trinajstić information content (AvgIpc) is 3.08. The molecule has 2 heterocycles. The van der Waals surface area contributed by atoms with Crippen LogP contribution >= 0.6 is 0 Å². The molecule has 2 aromatic heterocycles. The van der Waals surface area contributed by atoms with Crippen LogP contribution in [0, 0.1) is 6.92 Å². The summed E-state index contributed by atoms with van der Waals surface area (Å²) in [5, 5.41) is 8.58. The van der Waals surface area contributed by atoms with Gasteiger partial charge in [0.25, 0.3) is 17.5 Å². The van der Waals surface area contributed by atoms with Crippen LogP contribution in [0.5, 0.6) is 0 Å². The second-order valence-corrected chi connectivity index (χ2v) is 5.59. The van der Waals surface area contributed by atoms with E-state index in [1.54, 1.807) is 43.3 Å². The van der Waals surface area contributed by atoms with E-state index in [9.17, 15) is 14.4 Å². The lowest BCUT2D eigenvalue weighted by Gasteiger charge is -2.12. The van der Waals surface area contributed by atoms with Gasteiger partial charge in [0.05, 0.1) is 0 Å². The van der Waals surface area contributed by atoms with E-state index in [0.29, 0.717) is 5.69 Å². The van der Waals surface area contributed by atoms with Gasteiger partial charge in [-0.05, 0) is 32.0 Å². The highest BCUT2D eigenvalue weighted by atomic mass is 16.5. The highest BCUT2D eigenvalue weighted by Gasteiger charge is 2.23. The lowest BCUT2D eigenvalue weighted by molar-refractivity contribution is -0.127. The number of hydrogen-bond acceptors (Lipinski definition) is 7. The molecule has 3 aromatic rings. The Morgan fingerprint density at radius 3 is 2.59 bits per heavy atom. The predicted molar refractivity (Wildman–Crippen MR) is 94.0 cm³/mol. The molecule has 27 heavy (non-hydrogen) atoms. The van der Waals surface area contributed by atoms with Gasteiger partial charge >= 0.3 is 12.0 Å². The van der Waals surface area contributed by atoms with E-state index in [-0.39, 0.29) is 11.6 Å². The number of imide groups is 1. The van der Waals surface area contributed by atoms with Crippen LogP contribution in [-0.2, 0) is 9.53 Å². The number of hydrogen-bond donors (Lipinski definition) is 2. The maximum Gasteiger partial charge on any atom is 0.379 e. The zero-order chi connectivity index (χ0) is 19.4. The maximum atomic E-state index is 12.1. The van der Waals surface area contributed by atoms with Crippen LogP contribution < -0.4 is 10.6 Å². The maximum absolute atomic E-state index is 12.1. The van der Waals surface area contributed by atoms with Crippen molar-refractivity contribution in [1.29, 1.82) is 0 Å². The van der Waals surface area contributed by atoms with Gasteiger partial charge in [-0.15, -0.1) is 5.10 Å². The number of ether oxygens (including phenoxy) is 1. The molecule has 3 amide bonds. The molecule has 1 aromatic carbocycles. The number of esters is 1. The molecular formula is C17H16N6O4. The van der Waals surface area contributed by atoms with E-state index in [0.717, 1.165) is 5.69 Å². The molecule has 0 fully saturated rings. The normalized spacial score (nSPS) is 11.6. The predicted octanol–water partition coefficient (Wildman–Crippen LogP) is 1.33. The number of amides is 3. The number of aromatic nitrogens is 4. The first-order chi connectivity index (χ1) is 12.9. The molecule has 2 N–H and O–H groups in total. The van der Waals surface area contributed by atoms with Crippen molar-refractivity contribution in [3.63, 3.8) is 0 Å². The highest BCUT2D eigenvalue weighted by molar-refractivity contribution is 6.03. The summed E-state index contributed by atoms with van der Waals surface area (Å²) in [5.41, 5.74) is 1.25. The Kier molecular flexibility index (Phi) is 5.06. The lowest BCUT2D eigenvalue weighted by Crippen LogP contribution is -2.41. The Morgan fingerprint density at radius 2 is 1.89 bits per heavy atom. The van der Waals surface area contributed by atoms with Crippen LogP contribution in [0.4, 0.5) is 10.5 Å². The topological polar surface area (TPSA) is 128 Å². The number of rotatable bonds is 4. The van der Waals surface area contributed by atoms with E-state index in [4.69, 9.17) is 4.74 Å². The monoisotopic (exact) mass is 368 g/mol. The first kappa shape index (κ1) is 18.0. The molecular weight excluding hydrogens is 352 g/mol. The van der Waals surface area contributed by atoms with Crippen LogP contribution in [-0.4, -0.2) is 43.6 Å². The van der Waals surface area contributed by atoms with Crippen molar-refractivity contribution in [2.24, 2.45) is 0 Å². The number of anilines is 1. The van der Waals surface area contributed by atoms with Gasteiger partial charge in [-0.3, -0.25) is 10.1 Å². The zero-order valence-electron chi connectivity index (χ0n) is 14.5. The number of urea groups is 1. The van der Waals surface area contributed by atoms with Crippen LogP contribution in [0.3, 0.4) is 0 Å². The Balaban J connectivity index is 1.59. The van der Waals surface area contributed by atoms with Crippen molar-refractivity contribution in [1.82, 2.24) is 24.9 Å². The summed E-state index contributed by atoms with van der Waals surface area (Å²) >= 11 is 0. The molecule has 1 unspecified atom stereocenters. The van der Waals surface area contributed by atoms with Crippen molar-refractivity contribution in [3.8, 4) is 0 Å². The fourth-order valence-electron chi connectivity index (χ4n) is 2.16. The quantitative estimate of drug-likeness (QED) is 0.665. The number of benzene rings is 1. The average molecular weight is 368 g/mol. The molecule has 0 saturated heterocycles. The molecule has 0 aliphatic carbocycles. The number of nitrogens with zero attached hydrogens (tertiary/aromatic N) is 4. The van der Waals surface area contributed by atoms with Crippen LogP contribution in [0.2, 0.25) is 0 Å². The van der Waals surface area contributed by atoms with Crippen LogP contribution in [0.25, 0.3) is 5.78 Å². The minimum atomic E-state index is -1.22. The first-order valence-electron chi connectivity index (χ1n) is 8.00. The van der Waals surface area contributed by atoms with Gasteiger partial charge in [-0.1, -0.05) is 18.2 Å². The summed E-state index contributed by atoms with van der Waals surface area (Å²) in [7, 11) is 0. The summed E-state index contributed by atoms with van der Waals surface area (Å²) in [6.07, 6.45) is 0.315. The van der Waals surface area contributed by atoms with E-state index in [2.05, 4.69) is 25.7 Å². The Hall–Kier alpha value is -3.82. The lowest BCUT2D eigenvalue weighted by atomic mass is 10.3. The van der Waals surface area contributed by atoms with Gasteiger partial charge in [-0.2, -0.15) is 4.98 Å². The molecule has 10 nitrogen and oxygen atoms in total. The van der Waals surface area contributed by atoms with Crippen molar-refractivity contribution in [2.75, 3.05) is 5.32 Å². The number of carbonyl (C=O) groups excluding carboxylic acids is 3. The van der Waals surface area contributed by atoms with E-state index in [1.807, 2.05) is 0 Å².